The molecular weight excluding hydrogens is 244 g/mol. The minimum absolute atomic E-state index is 0.0624. The molecule has 0 aromatic heterocycles. The fourth-order valence-corrected chi connectivity index (χ4v) is 4.34. The van der Waals surface area contributed by atoms with Crippen molar-refractivity contribution < 1.29 is 19.4 Å². The van der Waals surface area contributed by atoms with Crippen molar-refractivity contribution in [2.75, 3.05) is 14.2 Å². The molecule has 1 saturated carbocycles. The van der Waals surface area contributed by atoms with Crippen molar-refractivity contribution >= 4 is 5.97 Å². The van der Waals surface area contributed by atoms with E-state index < -0.39 is 11.4 Å². The number of ether oxygens (including phenoxy) is 2. The molecule has 4 unspecified atom stereocenters. The van der Waals surface area contributed by atoms with E-state index in [1.165, 1.54) is 0 Å². The molecule has 4 atom stereocenters. The monoisotopic (exact) mass is 268 g/mol. The van der Waals surface area contributed by atoms with Crippen LogP contribution in [0, 0.1) is 22.7 Å². The smallest absolute Gasteiger partial charge is 0.310 e. The van der Waals surface area contributed by atoms with Gasteiger partial charge in [-0.15, -0.1) is 0 Å². The molecule has 4 heteroatoms. The molecule has 0 heterocycles. The van der Waals surface area contributed by atoms with Crippen molar-refractivity contribution in [3.8, 4) is 0 Å². The third-order valence-electron chi connectivity index (χ3n) is 5.33. The zero-order valence-corrected chi connectivity index (χ0v) is 12.2. The van der Waals surface area contributed by atoms with Gasteiger partial charge in [-0.3, -0.25) is 4.79 Å². The highest BCUT2D eigenvalue weighted by Crippen LogP contribution is 2.65. The first-order valence-corrected chi connectivity index (χ1v) is 6.93. The molecule has 2 aliphatic carbocycles. The Balaban J connectivity index is 2.43. The summed E-state index contributed by atoms with van der Waals surface area (Å²) in [5.41, 5.74) is -1.07. The van der Waals surface area contributed by atoms with Crippen LogP contribution in [0.5, 0.6) is 0 Å². The summed E-state index contributed by atoms with van der Waals surface area (Å²) in [4.78, 5) is 11.8. The molecule has 0 radical (unpaired) electrons. The van der Waals surface area contributed by atoms with Crippen molar-refractivity contribution in [3.05, 3.63) is 12.2 Å². The number of aliphatic carboxylic acids is 1. The molecule has 0 saturated heterocycles. The lowest BCUT2D eigenvalue weighted by Crippen LogP contribution is -2.49. The standard InChI is InChI=1S/C15H24O4/c1-5-11(12(18-3)19-4)15-7-6-10(9-15)8-14(15,2)13(16)17/h6-7,10-12H,5,8-9H2,1-4H3,(H,16,17). The molecule has 2 rings (SSSR count). The van der Waals surface area contributed by atoms with Crippen LogP contribution in [-0.4, -0.2) is 31.6 Å². The van der Waals surface area contributed by atoms with Gasteiger partial charge in [-0.25, -0.2) is 0 Å². The van der Waals surface area contributed by atoms with Crippen LogP contribution in [0.25, 0.3) is 0 Å². The van der Waals surface area contributed by atoms with E-state index in [0.717, 1.165) is 19.3 Å². The summed E-state index contributed by atoms with van der Waals surface area (Å²) in [5.74, 6) is -0.263. The average Bonchev–Trinajstić information content (AvgIpc) is 2.92. The summed E-state index contributed by atoms with van der Waals surface area (Å²) in [5, 5.41) is 9.72. The van der Waals surface area contributed by atoms with Gasteiger partial charge in [0.1, 0.15) is 0 Å². The number of hydrogen-bond donors (Lipinski definition) is 1. The van der Waals surface area contributed by atoms with Crippen molar-refractivity contribution in [2.45, 2.75) is 39.4 Å². The Labute approximate surface area is 114 Å². The van der Waals surface area contributed by atoms with E-state index in [2.05, 4.69) is 19.1 Å². The Morgan fingerprint density at radius 2 is 2.05 bits per heavy atom. The van der Waals surface area contributed by atoms with E-state index in [1.807, 2.05) is 6.92 Å². The summed E-state index contributed by atoms with van der Waals surface area (Å²) in [6, 6.07) is 0. The van der Waals surface area contributed by atoms with Crippen LogP contribution in [0.1, 0.15) is 33.1 Å². The molecule has 0 aliphatic heterocycles. The van der Waals surface area contributed by atoms with Gasteiger partial charge in [-0.05, 0) is 32.1 Å². The highest BCUT2D eigenvalue weighted by atomic mass is 16.7. The zero-order chi connectivity index (χ0) is 14.3. The van der Waals surface area contributed by atoms with E-state index in [0.29, 0.717) is 5.92 Å². The van der Waals surface area contributed by atoms with E-state index in [1.54, 1.807) is 14.2 Å². The molecule has 2 bridgehead atoms. The molecule has 1 fully saturated rings. The average molecular weight is 268 g/mol. The van der Waals surface area contributed by atoms with Crippen LogP contribution in [0.4, 0.5) is 0 Å². The van der Waals surface area contributed by atoms with E-state index >= 15 is 0 Å². The van der Waals surface area contributed by atoms with Gasteiger partial charge < -0.3 is 14.6 Å². The quantitative estimate of drug-likeness (QED) is 0.594. The second kappa shape index (κ2) is 4.91. The van der Waals surface area contributed by atoms with Crippen molar-refractivity contribution in [1.29, 1.82) is 0 Å². The van der Waals surface area contributed by atoms with Gasteiger partial charge in [0.2, 0.25) is 0 Å². The topological polar surface area (TPSA) is 55.8 Å². The highest BCUT2D eigenvalue weighted by Gasteiger charge is 2.64. The van der Waals surface area contributed by atoms with Crippen LogP contribution in [0.2, 0.25) is 0 Å². The Morgan fingerprint density at radius 1 is 1.42 bits per heavy atom. The largest absolute Gasteiger partial charge is 0.481 e. The fourth-order valence-electron chi connectivity index (χ4n) is 4.34. The molecule has 4 nitrogen and oxygen atoms in total. The van der Waals surface area contributed by atoms with E-state index in [9.17, 15) is 9.90 Å². The minimum atomic E-state index is -0.720. The minimum Gasteiger partial charge on any atom is -0.481 e. The second-order valence-electron chi connectivity index (χ2n) is 6.06. The van der Waals surface area contributed by atoms with Crippen LogP contribution in [-0.2, 0) is 14.3 Å². The van der Waals surface area contributed by atoms with Crippen molar-refractivity contribution in [1.82, 2.24) is 0 Å². The lowest BCUT2D eigenvalue weighted by molar-refractivity contribution is -0.184. The highest BCUT2D eigenvalue weighted by molar-refractivity contribution is 5.77. The molecule has 0 amide bonds. The number of carboxylic acids is 1. The number of carboxylic acid groups (broad SMARTS) is 1. The third-order valence-corrected chi connectivity index (χ3v) is 5.33. The molecule has 0 aromatic rings. The summed E-state index contributed by atoms with van der Waals surface area (Å²) >= 11 is 0. The van der Waals surface area contributed by atoms with Gasteiger partial charge in [0, 0.05) is 25.6 Å². The van der Waals surface area contributed by atoms with Crippen molar-refractivity contribution in [3.63, 3.8) is 0 Å². The normalized spacial score (nSPS) is 38.1. The molecule has 2 aliphatic rings. The zero-order valence-electron chi connectivity index (χ0n) is 12.2. The van der Waals surface area contributed by atoms with E-state index in [4.69, 9.17) is 9.47 Å². The van der Waals surface area contributed by atoms with Crippen LogP contribution < -0.4 is 0 Å². The Bertz CT molecular complexity index is 388. The molecule has 0 aromatic carbocycles. The predicted molar refractivity (Wildman–Crippen MR) is 71.6 cm³/mol. The van der Waals surface area contributed by atoms with Gasteiger partial charge in [0.05, 0.1) is 5.41 Å². The Hall–Kier alpha value is -0.870. The first-order chi connectivity index (χ1) is 8.95. The van der Waals surface area contributed by atoms with Crippen LogP contribution in [0.15, 0.2) is 12.2 Å². The molecular formula is C15H24O4. The van der Waals surface area contributed by atoms with Crippen molar-refractivity contribution in [2.24, 2.45) is 22.7 Å². The lowest BCUT2D eigenvalue weighted by atomic mass is 9.59. The molecule has 1 N–H and O–H groups in total. The summed E-state index contributed by atoms with van der Waals surface area (Å²) in [6.07, 6.45) is 6.40. The third kappa shape index (κ3) is 1.84. The Morgan fingerprint density at radius 3 is 2.47 bits per heavy atom. The predicted octanol–water partition coefficient (Wildman–Crippen LogP) is 2.69. The number of methoxy groups -OCH3 is 2. The van der Waals surface area contributed by atoms with Crippen LogP contribution in [0.3, 0.4) is 0 Å². The van der Waals surface area contributed by atoms with Gasteiger partial charge in [-0.2, -0.15) is 0 Å². The maximum absolute atomic E-state index is 11.8. The van der Waals surface area contributed by atoms with E-state index in [-0.39, 0.29) is 17.6 Å². The maximum Gasteiger partial charge on any atom is 0.310 e. The maximum atomic E-state index is 11.8. The molecule has 19 heavy (non-hydrogen) atoms. The second-order valence-corrected chi connectivity index (χ2v) is 6.06. The van der Waals surface area contributed by atoms with Crippen LogP contribution >= 0.6 is 0 Å². The summed E-state index contributed by atoms with van der Waals surface area (Å²) in [7, 11) is 3.24. The number of hydrogen-bond acceptors (Lipinski definition) is 3. The molecule has 0 spiro atoms. The first-order valence-electron chi connectivity index (χ1n) is 6.93. The number of rotatable bonds is 6. The lowest BCUT2D eigenvalue weighted by Gasteiger charge is -2.46. The number of fused-ring (bicyclic) bond motifs is 2. The van der Waals surface area contributed by atoms with Gasteiger partial charge in [0.15, 0.2) is 6.29 Å². The number of allylic oxidation sites excluding steroid dienone is 2. The SMILES string of the molecule is CCC(C(OC)OC)C12C=CC(CC1(C)C(=O)O)C2. The Kier molecular flexibility index (Phi) is 3.76. The number of carbonyl (C=O) groups is 1. The fraction of sp³-hybridized carbons (Fsp3) is 0.800. The molecule has 108 valence electrons. The first kappa shape index (κ1) is 14.5. The summed E-state index contributed by atoms with van der Waals surface area (Å²) in [6.45, 7) is 3.95. The van der Waals surface area contributed by atoms with Gasteiger partial charge in [-0.1, -0.05) is 19.1 Å². The summed E-state index contributed by atoms with van der Waals surface area (Å²) < 4.78 is 10.9. The van der Waals surface area contributed by atoms with Gasteiger partial charge >= 0.3 is 5.97 Å². The van der Waals surface area contributed by atoms with Gasteiger partial charge in [0.25, 0.3) is 0 Å².